The van der Waals surface area contributed by atoms with Gasteiger partial charge >= 0.3 is 0 Å². The second-order valence-electron chi connectivity index (χ2n) is 4.38. The molecule has 1 aliphatic rings. The van der Waals surface area contributed by atoms with E-state index >= 15 is 0 Å². The zero-order valence-corrected chi connectivity index (χ0v) is 9.11. The first-order valence-electron chi connectivity index (χ1n) is 5.41. The highest BCUT2D eigenvalue weighted by Gasteiger charge is 2.26. The molecule has 0 aliphatic carbocycles. The van der Waals surface area contributed by atoms with Gasteiger partial charge in [0.15, 0.2) is 0 Å². The van der Waals surface area contributed by atoms with Gasteiger partial charge in [-0.1, -0.05) is 0 Å². The van der Waals surface area contributed by atoms with E-state index < -0.39 is 0 Å². The Kier molecular flexibility index (Phi) is 3.04. The van der Waals surface area contributed by atoms with Crippen molar-refractivity contribution in [3.63, 3.8) is 0 Å². The zero-order valence-electron chi connectivity index (χ0n) is 9.11. The van der Waals surface area contributed by atoms with Crippen LogP contribution in [0, 0.1) is 0 Å². The summed E-state index contributed by atoms with van der Waals surface area (Å²) in [6, 6.07) is 0.585. The van der Waals surface area contributed by atoms with Gasteiger partial charge in [0, 0.05) is 37.3 Å². The minimum absolute atomic E-state index is 0.204. The van der Waals surface area contributed by atoms with Crippen molar-refractivity contribution < 1.29 is 0 Å². The number of nitrogens with two attached hydrogens (primary N) is 2. The molecule has 0 radical (unpaired) electrons. The minimum Gasteiger partial charge on any atom is -0.329 e. The Morgan fingerprint density at radius 3 is 3.00 bits per heavy atom. The summed E-state index contributed by atoms with van der Waals surface area (Å²) in [5.74, 6) is 0. The van der Waals surface area contributed by atoms with Crippen molar-refractivity contribution in [3.8, 4) is 0 Å². The van der Waals surface area contributed by atoms with Gasteiger partial charge in [-0.2, -0.15) is 5.10 Å². The van der Waals surface area contributed by atoms with Gasteiger partial charge in [-0.3, -0.25) is 10.00 Å². The van der Waals surface area contributed by atoms with Crippen molar-refractivity contribution in [2.75, 3.05) is 6.54 Å². The van der Waals surface area contributed by atoms with Gasteiger partial charge in [0.1, 0.15) is 0 Å². The van der Waals surface area contributed by atoms with Crippen molar-refractivity contribution in [3.05, 3.63) is 17.5 Å². The first kappa shape index (κ1) is 10.6. The molecule has 0 bridgehead atoms. The van der Waals surface area contributed by atoms with E-state index in [-0.39, 0.29) is 6.04 Å². The summed E-state index contributed by atoms with van der Waals surface area (Å²) in [6.07, 6.45) is 2.85. The molecule has 5 nitrogen and oxygen atoms in total. The molecular weight excluding hydrogens is 190 g/mol. The van der Waals surface area contributed by atoms with Crippen LogP contribution in [0.25, 0.3) is 0 Å². The normalized spacial score (nSPS) is 20.2. The molecule has 1 aromatic rings. The summed E-state index contributed by atoms with van der Waals surface area (Å²) in [6.45, 7) is 4.56. The quantitative estimate of drug-likeness (QED) is 0.640. The van der Waals surface area contributed by atoms with Crippen LogP contribution in [0.3, 0.4) is 0 Å². The molecule has 2 heterocycles. The minimum atomic E-state index is 0.204. The Bertz CT molecular complexity index is 299. The van der Waals surface area contributed by atoms with E-state index in [1.807, 2.05) is 13.1 Å². The molecule has 15 heavy (non-hydrogen) atoms. The van der Waals surface area contributed by atoms with E-state index in [2.05, 4.69) is 15.1 Å². The smallest absolute Gasteiger partial charge is 0.0537 e. The molecule has 2 atom stereocenters. The third kappa shape index (κ3) is 2.19. The number of hydrogen-bond acceptors (Lipinski definition) is 4. The summed E-state index contributed by atoms with van der Waals surface area (Å²) in [5.41, 5.74) is 14.1. The largest absolute Gasteiger partial charge is 0.329 e. The second-order valence-corrected chi connectivity index (χ2v) is 4.38. The lowest BCUT2D eigenvalue weighted by molar-refractivity contribution is 0.185. The molecule has 5 N–H and O–H groups in total. The molecule has 5 heteroatoms. The highest BCUT2D eigenvalue weighted by Crippen LogP contribution is 2.23. The van der Waals surface area contributed by atoms with E-state index in [0.717, 1.165) is 19.5 Å². The van der Waals surface area contributed by atoms with Crippen molar-refractivity contribution in [2.45, 2.75) is 38.5 Å². The lowest BCUT2D eigenvalue weighted by Gasteiger charge is -2.27. The van der Waals surface area contributed by atoms with E-state index in [9.17, 15) is 0 Å². The molecule has 0 saturated carbocycles. The number of hydrogen-bond donors (Lipinski definition) is 3. The first-order chi connectivity index (χ1) is 7.20. The molecule has 84 valence electrons. The molecule has 0 amide bonds. The first-order valence-corrected chi connectivity index (χ1v) is 5.41. The topological polar surface area (TPSA) is 84.0 Å². The van der Waals surface area contributed by atoms with Crippen molar-refractivity contribution >= 4 is 0 Å². The number of nitrogens with one attached hydrogen (secondary N) is 1. The van der Waals surface area contributed by atoms with Gasteiger partial charge < -0.3 is 11.5 Å². The maximum Gasteiger partial charge on any atom is 0.0537 e. The van der Waals surface area contributed by atoms with Gasteiger partial charge in [-0.15, -0.1) is 0 Å². The standard InChI is InChI=1S/C10H19N5/c1-7(12)2-9(3-11)15-5-8-4-13-14-10(8)6-15/h4,7,9H,2-3,5-6,11-12H2,1H3,(H,13,14)/t7-,9-/m1/s1. The van der Waals surface area contributed by atoms with Crippen LogP contribution in [0.5, 0.6) is 0 Å². The predicted octanol–water partition coefficient (Wildman–Crippen LogP) is -0.210. The van der Waals surface area contributed by atoms with Crippen LogP contribution in [-0.4, -0.2) is 33.7 Å². The fourth-order valence-corrected chi connectivity index (χ4v) is 2.17. The molecule has 0 spiro atoms. The van der Waals surface area contributed by atoms with Gasteiger partial charge in [0.05, 0.1) is 11.9 Å². The molecule has 1 aromatic heterocycles. The van der Waals surface area contributed by atoms with E-state index in [4.69, 9.17) is 11.5 Å². The fraction of sp³-hybridized carbons (Fsp3) is 0.700. The highest BCUT2D eigenvalue weighted by molar-refractivity contribution is 5.20. The summed E-state index contributed by atoms with van der Waals surface area (Å²) in [5, 5.41) is 7.03. The number of aromatic amines is 1. The maximum absolute atomic E-state index is 5.81. The Balaban J connectivity index is 1.98. The van der Waals surface area contributed by atoms with E-state index in [1.165, 1.54) is 11.3 Å². The van der Waals surface area contributed by atoms with Crippen LogP contribution in [0.2, 0.25) is 0 Å². The van der Waals surface area contributed by atoms with E-state index in [0.29, 0.717) is 12.6 Å². The molecule has 0 aromatic carbocycles. The highest BCUT2D eigenvalue weighted by atomic mass is 15.2. The Morgan fingerprint density at radius 2 is 2.40 bits per heavy atom. The summed E-state index contributed by atoms with van der Waals surface area (Å²) < 4.78 is 0. The number of fused-ring (bicyclic) bond motifs is 1. The molecule has 0 fully saturated rings. The van der Waals surface area contributed by atoms with Gasteiger partial charge in [-0.25, -0.2) is 0 Å². The number of nitrogens with zero attached hydrogens (tertiary/aromatic N) is 2. The SMILES string of the molecule is C[C@@H](N)C[C@H](CN)N1Cc2cn[nH]c2C1. The average molecular weight is 209 g/mol. The van der Waals surface area contributed by atoms with Gasteiger partial charge in [0.2, 0.25) is 0 Å². The third-order valence-electron chi connectivity index (χ3n) is 2.97. The fourth-order valence-electron chi connectivity index (χ4n) is 2.17. The van der Waals surface area contributed by atoms with Gasteiger partial charge in [0.25, 0.3) is 0 Å². The second kappa shape index (κ2) is 4.30. The number of aromatic nitrogens is 2. The summed E-state index contributed by atoms with van der Waals surface area (Å²) in [7, 11) is 0. The lowest BCUT2D eigenvalue weighted by atomic mass is 10.1. The zero-order chi connectivity index (χ0) is 10.8. The molecular formula is C10H19N5. The third-order valence-corrected chi connectivity index (χ3v) is 2.97. The number of H-pyrrole nitrogens is 1. The van der Waals surface area contributed by atoms with Crippen molar-refractivity contribution in [1.82, 2.24) is 15.1 Å². The molecule has 1 aliphatic heterocycles. The number of rotatable bonds is 4. The van der Waals surface area contributed by atoms with Crippen LogP contribution >= 0.6 is 0 Å². The van der Waals surface area contributed by atoms with Crippen LogP contribution in [0.4, 0.5) is 0 Å². The van der Waals surface area contributed by atoms with Gasteiger partial charge in [-0.05, 0) is 13.3 Å². The lowest BCUT2D eigenvalue weighted by Crippen LogP contribution is -2.40. The predicted molar refractivity (Wildman–Crippen MR) is 58.9 cm³/mol. The van der Waals surface area contributed by atoms with Crippen LogP contribution in [-0.2, 0) is 13.1 Å². The Morgan fingerprint density at radius 1 is 1.60 bits per heavy atom. The van der Waals surface area contributed by atoms with Crippen LogP contribution < -0.4 is 11.5 Å². The van der Waals surface area contributed by atoms with Crippen LogP contribution in [0.15, 0.2) is 6.20 Å². The summed E-state index contributed by atoms with van der Waals surface area (Å²) >= 11 is 0. The van der Waals surface area contributed by atoms with E-state index in [1.54, 1.807) is 0 Å². The molecule has 0 unspecified atom stereocenters. The van der Waals surface area contributed by atoms with Crippen LogP contribution in [0.1, 0.15) is 24.6 Å². The average Bonchev–Trinajstić information content (AvgIpc) is 2.72. The monoisotopic (exact) mass is 209 g/mol. The Hall–Kier alpha value is -0.910. The maximum atomic E-state index is 5.81. The summed E-state index contributed by atoms with van der Waals surface area (Å²) in [4.78, 5) is 2.37. The molecule has 0 saturated heterocycles. The van der Waals surface area contributed by atoms with Crippen molar-refractivity contribution in [2.24, 2.45) is 11.5 Å². The molecule has 2 rings (SSSR count). The Labute approximate surface area is 89.8 Å². The van der Waals surface area contributed by atoms with Crippen molar-refractivity contribution in [1.29, 1.82) is 0 Å².